The smallest absolute Gasteiger partial charge is 0.267 e. The number of carbonyl (C=O) groups is 1. The summed E-state index contributed by atoms with van der Waals surface area (Å²) in [7, 11) is 0. The van der Waals surface area contributed by atoms with E-state index in [0.717, 1.165) is 16.7 Å². The minimum absolute atomic E-state index is 0.208. The van der Waals surface area contributed by atoms with Gasteiger partial charge in [0.25, 0.3) is 5.91 Å². The van der Waals surface area contributed by atoms with Crippen molar-refractivity contribution < 1.29 is 4.79 Å². The normalized spacial score (nSPS) is 11.4. The highest BCUT2D eigenvalue weighted by atomic mass is 16.2. The van der Waals surface area contributed by atoms with Crippen molar-refractivity contribution in [3.63, 3.8) is 0 Å². The van der Waals surface area contributed by atoms with Gasteiger partial charge in [0.05, 0.1) is 5.71 Å². The summed E-state index contributed by atoms with van der Waals surface area (Å²) in [5.74, 6) is -0.208. The molecule has 0 fully saturated rings. The average molecular weight is 288 g/mol. The zero-order chi connectivity index (χ0) is 15.4. The number of hydrazone groups is 1. The molecule has 3 nitrogen and oxygen atoms in total. The molecule has 3 rings (SSSR count). The molecule has 0 bridgehead atoms. The van der Waals surface area contributed by atoms with Crippen LogP contribution in [-0.4, -0.2) is 11.6 Å². The molecule has 0 aliphatic rings. The van der Waals surface area contributed by atoms with Crippen molar-refractivity contribution in [2.75, 3.05) is 0 Å². The Bertz CT molecular complexity index is 838. The van der Waals surface area contributed by atoms with E-state index in [0.29, 0.717) is 5.56 Å². The van der Waals surface area contributed by atoms with E-state index in [4.69, 9.17) is 0 Å². The molecule has 0 heterocycles. The number of carbonyl (C=O) groups excluding carboxylic acids is 1. The number of nitrogens with one attached hydrogen (secondary N) is 1. The first kappa shape index (κ1) is 14.0. The van der Waals surface area contributed by atoms with Gasteiger partial charge in [0, 0.05) is 5.56 Å². The molecule has 0 aliphatic heterocycles. The zero-order valence-electron chi connectivity index (χ0n) is 12.3. The molecule has 108 valence electrons. The SMILES string of the molecule is C/C(=N/NC(=O)c1ccccc1)c1ccc2ccccc2c1. The fourth-order valence-corrected chi connectivity index (χ4v) is 2.27. The van der Waals surface area contributed by atoms with Crippen LogP contribution in [0.25, 0.3) is 10.8 Å². The van der Waals surface area contributed by atoms with Crippen LogP contribution in [-0.2, 0) is 0 Å². The van der Waals surface area contributed by atoms with Crippen molar-refractivity contribution in [1.29, 1.82) is 0 Å². The summed E-state index contributed by atoms with van der Waals surface area (Å²) in [6, 6.07) is 23.4. The molecule has 0 aromatic heterocycles. The maximum Gasteiger partial charge on any atom is 0.271 e. The second-order valence-corrected chi connectivity index (χ2v) is 5.07. The predicted octanol–water partition coefficient (Wildman–Crippen LogP) is 3.99. The third kappa shape index (κ3) is 3.04. The lowest BCUT2D eigenvalue weighted by atomic mass is 10.0. The fourth-order valence-electron chi connectivity index (χ4n) is 2.27. The van der Waals surface area contributed by atoms with Crippen LogP contribution in [0.4, 0.5) is 0 Å². The summed E-state index contributed by atoms with van der Waals surface area (Å²) in [6.45, 7) is 1.88. The molecule has 0 saturated heterocycles. The van der Waals surface area contributed by atoms with E-state index in [-0.39, 0.29) is 5.91 Å². The monoisotopic (exact) mass is 288 g/mol. The van der Waals surface area contributed by atoms with Crippen molar-refractivity contribution in [3.8, 4) is 0 Å². The van der Waals surface area contributed by atoms with Crippen LogP contribution in [0.15, 0.2) is 77.9 Å². The molecule has 0 unspecified atom stereocenters. The van der Waals surface area contributed by atoms with Gasteiger partial charge in [0.15, 0.2) is 0 Å². The lowest BCUT2D eigenvalue weighted by Gasteiger charge is -2.05. The summed E-state index contributed by atoms with van der Waals surface area (Å²) in [4.78, 5) is 12.0. The Hall–Kier alpha value is -2.94. The Morgan fingerprint density at radius 2 is 1.50 bits per heavy atom. The first-order valence-electron chi connectivity index (χ1n) is 7.13. The van der Waals surface area contributed by atoms with Crippen molar-refractivity contribution >= 4 is 22.4 Å². The molecular weight excluding hydrogens is 272 g/mol. The Kier molecular flexibility index (Phi) is 3.97. The van der Waals surface area contributed by atoms with Gasteiger partial charge in [-0.15, -0.1) is 0 Å². The van der Waals surface area contributed by atoms with Crippen LogP contribution in [0.1, 0.15) is 22.8 Å². The predicted molar refractivity (Wildman–Crippen MR) is 90.1 cm³/mol. The molecule has 1 N–H and O–H groups in total. The van der Waals surface area contributed by atoms with Gasteiger partial charge in [0.2, 0.25) is 0 Å². The van der Waals surface area contributed by atoms with Gasteiger partial charge in [-0.1, -0.05) is 54.6 Å². The van der Waals surface area contributed by atoms with Crippen molar-refractivity contribution in [2.45, 2.75) is 6.92 Å². The molecule has 0 radical (unpaired) electrons. The highest BCUT2D eigenvalue weighted by Gasteiger charge is 2.04. The minimum atomic E-state index is -0.208. The molecule has 0 aliphatic carbocycles. The second-order valence-electron chi connectivity index (χ2n) is 5.07. The Labute approximate surface area is 129 Å². The van der Waals surface area contributed by atoms with Crippen molar-refractivity contribution in [1.82, 2.24) is 5.43 Å². The van der Waals surface area contributed by atoms with E-state index in [1.54, 1.807) is 12.1 Å². The van der Waals surface area contributed by atoms with Gasteiger partial charge in [0.1, 0.15) is 0 Å². The molecule has 0 atom stereocenters. The summed E-state index contributed by atoms with van der Waals surface area (Å²) < 4.78 is 0. The van der Waals surface area contributed by atoms with E-state index in [1.807, 2.05) is 43.3 Å². The van der Waals surface area contributed by atoms with Gasteiger partial charge in [-0.3, -0.25) is 4.79 Å². The number of rotatable bonds is 3. The number of hydrogen-bond acceptors (Lipinski definition) is 2. The van der Waals surface area contributed by atoms with Gasteiger partial charge in [-0.05, 0) is 41.5 Å². The summed E-state index contributed by atoms with van der Waals surface area (Å²) in [5, 5.41) is 6.54. The number of benzene rings is 3. The molecular formula is C19H16N2O. The summed E-state index contributed by atoms with van der Waals surface area (Å²) >= 11 is 0. The third-order valence-electron chi connectivity index (χ3n) is 3.53. The van der Waals surface area contributed by atoms with Crippen molar-refractivity contribution in [3.05, 3.63) is 83.9 Å². The number of amides is 1. The van der Waals surface area contributed by atoms with Crippen LogP contribution < -0.4 is 5.43 Å². The van der Waals surface area contributed by atoms with Crippen molar-refractivity contribution in [2.24, 2.45) is 5.10 Å². The molecule has 0 spiro atoms. The average Bonchev–Trinajstić information content (AvgIpc) is 2.59. The summed E-state index contributed by atoms with van der Waals surface area (Å²) in [6.07, 6.45) is 0. The first-order valence-corrected chi connectivity index (χ1v) is 7.13. The Balaban J connectivity index is 1.80. The first-order chi connectivity index (χ1) is 10.7. The Morgan fingerprint density at radius 1 is 0.818 bits per heavy atom. The quantitative estimate of drug-likeness (QED) is 0.574. The third-order valence-corrected chi connectivity index (χ3v) is 3.53. The zero-order valence-corrected chi connectivity index (χ0v) is 12.3. The van der Waals surface area contributed by atoms with E-state index in [2.05, 4.69) is 34.8 Å². The maximum atomic E-state index is 12.0. The molecule has 0 saturated carbocycles. The topological polar surface area (TPSA) is 41.5 Å². The largest absolute Gasteiger partial charge is 0.271 e. The standard InChI is InChI=1S/C19H16N2O/c1-14(20-21-19(22)16-8-3-2-4-9-16)17-12-11-15-7-5-6-10-18(15)13-17/h2-13H,1H3,(H,21,22)/b20-14-. The molecule has 22 heavy (non-hydrogen) atoms. The molecule has 3 aromatic rings. The number of fused-ring (bicyclic) bond motifs is 1. The van der Waals surface area contributed by atoms with Gasteiger partial charge >= 0.3 is 0 Å². The summed E-state index contributed by atoms with van der Waals surface area (Å²) in [5.41, 5.74) is 4.96. The van der Waals surface area contributed by atoms with Crippen LogP contribution in [0.5, 0.6) is 0 Å². The van der Waals surface area contributed by atoms with Gasteiger partial charge in [-0.2, -0.15) is 5.10 Å². The van der Waals surface area contributed by atoms with E-state index >= 15 is 0 Å². The Morgan fingerprint density at radius 3 is 2.27 bits per heavy atom. The van der Waals surface area contributed by atoms with Gasteiger partial charge < -0.3 is 0 Å². The molecule has 3 heteroatoms. The highest BCUT2D eigenvalue weighted by Crippen LogP contribution is 2.16. The second kappa shape index (κ2) is 6.22. The lowest BCUT2D eigenvalue weighted by Crippen LogP contribution is -2.19. The lowest BCUT2D eigenvalue weighted by molar-refractivity contribution is 0.0955. The maximum absolute atomic E-state index is 12.0. The number of hydrogen-bond donors (Lipinski definition) is 1. The van der Waals surface area contributed by atoms with Crippen LogP contribution in [0.3, 0.4) is 0 Å². The molecule has 1 amide bonds. The van der Waals surface area contributed by atoms with E-state index in [1.165, 1.54) is 5.39 Å². The highest BCUT2D eigenvalue weighted by molar-refractivity contribution is 6.03. The molecule has 3 aromatic carbocycles. The van der Waals surface area contributed by atoms with Gasteiger partial charge in [-0.25, -0.2) is 5.43 Å². The minimum Gasteiger partial charge on any atom is -0.267 e. The number of nitrogens with zero attached hydrogens (tertiary/aromatic N) is 1. The van der Waals surface area contributed by atoms with Crippen LogP contribution >= 0.6 is 0 Å². The van der Waals surface area contributed by atoms with Crippen LogP contribution in [0.2, 0.25) is 0 Å². The fraction of sp³-hybridized carbons (Fsp3) is 0.0526. The van der Waals surface area contributed by atoms with E-state index < -0.39 is 0 Å². The van der Waals surface area contributed by atoms with E-state index in [9.17, 15) is 4.79 Å². The van der Waals surface area contributed by atoms with Crippen LogP contribution in [0, 0.1) is 0 Å².